The number of hydrogen-bond acceptors (Lipinski definition) is 2. The van der Waals surface area contributed by atoms with E-state index >= 15 is 0 Å². The third kappa shape index (κ3) is 2.75. The average molecular weight is 311 g/mol. The van der Waals surface area contributed by atoms with Crippen molar-refractivity contribution in [2.24, 2.45) is 5.92 Å². The maximum absolute atomic E-state index is 12.4. The van der Waals surface area contributed by atoms with Crippen LogP contribution < -0.4 is 0 Å². The highest BCUT2D eigenvalue weighted by molar-refractivity contribution is 9.10. The van der Waals surface area contributed by atoms with Crippen LogP contribution in [0, 0.1) is 5.92 Å². The molecule has 0 bridgehead atoms. The fourth-order valence-corrected chi connectivity index (χ4v) is 2.83. The van der Waals surface area contributed by atoms with E-state index in [4.69, 9.17) is 0 Å². The van der Waals surface area contributed by atoms with E-state index in [9.17, 15) is 4.79 Å². The first-order valence-electron chi connectivity index (χ1n) is 6.20. The fraction of sp³-hybridized carbons (Fsp3) is 0.500. The van der Waals surface area contributed by atoms with Crippen molar-refractivity contribution in [3.63, 3.8) is 0 Å². The van der Waals surface area contributed by atoms with Crippen LogP contribution in [-0.2, 0) is 0 Å². The molecule has 18 heavy (non-hydrogen) atoms. The second kappa shape index (κ2) is 5.41. The first kappa shape index (κ1) is 13.6. The molecule has 1 amide bonds. The Hall–Kier alpha value is -0.870. The summed E-state index contributed by atoms with van der Waals surface area (Å²) in [5, 5.41) is 0. The van der Waals surface area contributed by atoms with E-state index in [1.54, 1.807) is 0 Å². The standard InChI is InChI=1S/C14H19BrN2O/c1-10-8-17(9-13(10)16(2)3)14(18)11-4-6-12(15)7-5-11/h4-7,10,13H,8-9H2,1-3H3. The van der Waals surface area contributed by atoms with Crippen molar-refractivity contribution in [3.8, 4) is 0 Å². The lowest BCUT2D eigenvalue weighted by Crippen LogP contribution is -2.35. The van der Waals surface area contributed by atoms with Crippen LogP contribution in [0.4, 0.5) is 0 Å². The molecule has 2 atom stereocenters. The van der Waals surface area contributed by atoms with Gasteiger partial charge in [-0.1, -0.05) is 22.9 Å². The molecule has 1 saturated heterocycles. The van der Waals surface area contributed by atoms with Gasteiger partial charge in [0.25, 0.3) is 5.91 Å². The molecule has 4 heteroatoms. The van der Waals surface area contributed by atoms with Gasteiger partial charge >= 0.3 is 0 Å². The van der Waals surface area contributed by atoms with E-state index in [-0.39, 0.29) is 5.91 Å². The Labute approximate surface area is 117 Å². The highest BCUT2D eigenvalue weighted by Crippen LogP contribution is 2.22. The second-order valence-electron chi connectivity index (χ2n) is 5.23. The van der Waals surface area contributed by atoms with Gasteiger partial charge in [0.1, 0.15) is 0 Å². The largest absolute Gasteiger partial charge is 0.337 e. The number of carbonyl (C=O) groups excluding carboxylic acids is 1. The summed E-state index contributed by atoms with van der Waals surface area (Å²) < 4.78 is 1.00. The molecule has 98 valence electrons. The van der Waals surface area contributed by atoms with E-state index < -0.39 is 0 Å². The van der Waals surface area contributed by atoms with Crippen molar-refractivity contribution in [2.75, 3.05) is 27.2 Å². The van der Waals surface area contributed by atoms with Crippen LogP contribution >= 0.6 is 15.9 Å². The van der Waals surface area contributed by atoms with Gasteiger partial charge in [-0.2, -0.15) is 0 Å². The number of likely N-dealkylation sites (N-methyl/N-ethyl adjacent to an activating group) is 1. The molecule has 0 radical (unpaired) electrons. The van der Waals surface area contributed by atoms with Crippen LogP contribution in [0.15, 0.2) is 28.7 Å². The van der Waals surface area contributed by atoms with Crippen LogP contribution in [0.3, 0.4) is 0 Å². The minimum atomic E-state index is 0.138. The van der Waals surface area contributed by atoms with E-state index in [1.807, 2.05) is 29.2 Å². The van der Waals surface area contributed by atoms with Crippen molar-refractivity contribution in [1.29, 1.82) is 0 Å². The van der Waals surface area contributed by atoms with E-state index in [1.165, 1.54) is 0 Å². The Morgan fingerprint density at radius 2 is 1.89 bits per heavy atom. The monoisotopic (exact) mass is 310 g/mol. The molecule has 1 heterocycles. The molecule has 0 spiro atoms. The van der Waals surface area contributed by atoms with Gasteiger partial charge in [-0.3, -0.25) is 4.79 Å². The van der Waals surface area contributed by atoms with Crippen LogP contribution in [-0.4, -0.2) is 48.9 Å². The maximum Gasteiger partial charge on any atom is 0.253 e. The van der Waals surface area contributed by atoms with Crippen molar-refractivity contribution in [2.45, 2.75) is 13.0 Å². The fourth-order valence-electron chi connectivity index (χ4n) is 2.56. The van der Waals surface area contributed by atoms with Crippen LogP contribution in [0.2, 0.25) is 0 Å². The third-order valence-electron chi connectivity index (χ3n) is 3.61. The Kier molecular flexibility index (Phi) is 4.07. The summed E-state index contributed by atoms with van der Waals surface area (Å²) in [7, 11) is 4.16. The molecule has 1 aromatic carbocycles. The molecular weight excluding hydrogens is 292 g/mol. The van der Waals surface area contributed by atoms with Gasteiger partial charge in [0.15, 0.2) is 0 Å². The van der Waals surface area contributed by atoms with Crippen molar-refractivity contribution < 1.29 is 4.79 Å². The van der Waals surface area contributed by atoms with E-state index in [2.05, 4.69) is 41.8 Å². The molecule has 3 nitrogen and oxygen atoms in total. The zero-order valence-electron chi connectivity index (χ0n) is 11.1. The summed E-state index contributed by atoms with van der Waals surface area (Å²) >= 11 is 3.38. The number of rotatable bonds is 2. The number of benzene rings is 1. The zero-order valence-corrected chi connectivity index (χ0v) is 12.6. The minimum absolute atomic E-state index is 0.138. The Morgan fingerprint density at radius 3 is 2.39 bits per heavy atom. The van der Waals surface area contributed by atoms with E-state index in [0.29, 0.717) is 12.0 Å². The summed E-state index contributed by atoms with van der Waals surface area (Å²) in [6.07, 6.45) is 0. The number of likely N-dealkylation sites (tertiary alicyclic amines) is 1. The molecule has 2 rings (SSSR count). The quantitative estimate of drug-likeness (QED) is 0.838. The minimum Gasteiger partial charge on any atom is -0.337 e. The highest BCUT2D eigenvalue weighted by atomic mass is 79.9. The molecule has 0 saturated carbocycles. The first-order chi connectivity index (χ1) is 8.49. The molecule has 2 unspecified atom stereocenters. The third-order valence-corrected chi connectivity index (χ3v) is 4.14. The van der Waals surface area contributed by atoms with Gasteiger partial charge in [-0.15, -0.1) is 0 Å². The molecule has 0 aliphatic carbocycles. The second-order valence-corrected chi connectivity index (χ2v) is 6.14. The maximum atomic E-state index is 12.4. The Bertz CT molecular complexity index is 430. The molecule has 0 aromatic heterocycles. The topological polar surface area (TPSA) is 23.6 Å². The summed E-state index contributed by atoms with van der Waals surface area (Å²) in [4.78, 5) is 16.5. The number of amides is 1. The lowest BCUT2D eigenvalue weighted by molar-refractivity contribution is 0.0781. The Morgan fingerprint density at radius 1 is 1.28 bits per heavy atom. The summed E-state index contributed by atoms with van der Waals surface area (Å²) in [6, 6.07) is 8.04. The van der Waals surface area contributed by atoms with Crippen LogP contribution in [0.5, 0.6) is 0 Å². The number of hydrogen-bond donors (Lipinski definition) is 0. The smallest absolute Gasteiger partial charge is 0.253 e. The van der Waals surface area contributed by atoms with Gasteiger partial charge in [0, 0.05) is 29.2 Å². The zero-order chi connectivity index (χ0) is 13.3. The first-order valence-corrected chi connectivity index (χ1v) is 6.99. The van der Waals surface area contributed by atoms with Gasteiger partial charge < -0.3 is 9.80 Å². The summed E-state index contributed by atoms with van der Waals surface area (Å²) in [5.74, 6) is 0.665. The molecule has 0 N–H and O–H groups in total. The Balaban J connectivity index is 2.09. The summed E-state index contributed by atoms with van der Waals surface area (Å²) in [6.45, 7) is 3.88. The van der Waals surface area contributed by atoms with Crippen molar-refractivity contribution >= 4 is 21.8 Å². The van der Waals surface area contributed by atoms with Crippen LogP contribution in [0.1, 0.15) is 17.3 Å². The lowest BCUT2D eigenvalue weighted by atomic mass is 10.1. The van der Waals surface area contributed by atoms with Gasteiger partial charge in [-0.05, 0) is 44.3 Å². The number of halogens is 1. The molecule has 1 aromatic rings. The van der Waals surface area contributed by atoms with Crippen LogP contribution in [0.25, 0.3) is 0 Å². The van der Waals surface area contributed by atoms with Crippen molar-refractivity contribution in [3.05, 3.63) is 34.3 Å². The molecule has 1 fully saturated rings. The predicted octanol–water partition coefficient (Wildman–Crippen LogP) is 2.47. The molecule has 1 aliphatic heterocycles. The lowest BCUT2D eigenvalue weighted by Gasteiger charge is -2.22. The summed E-state index contributed by atoms with van der Waals surface area (Å²) in [5.41, 5.74) is 0.768. The van der Waals surface area contributed by atoms with E-state index in [0.717, 1.165) is 23.1 Å². The molecule has 1 aliphatic rings. The highest BCUT2D eigenvalue weighted by Gasteiger charge is 2.33. The van der Waals surface area contributed by atoms with Gasteiger partial charge in [0.2, 0.25) is 0 Å². The normalized spacial score (nSPS) is 23.7. The number of nitrogens with zero attached hydrogens (tertiary/aromatic N) is 2. The van der Waals surface area contributed by atoms with Crippen molar-refractivity contribution in [1.82, 2.24) is 9.80 Å². The van der Waals surface area contributed by atoms with Gasteiger partial charge in [-0.25, -0.2) is 0 Å². The average Bonchev–Trinajstić information content (AvgIpc) is 2.71. The molecular formula is C14H19BrN2O. The number of carbonyl (C=O) groups is 1. The predicted molar refractivity (Wildman–Crippen MR) is 76.7 cm³/mol. The SMILES string of the molecule is CC1CN(C(=O)c2ccc(Br)cc2)CC1N(C)C. The van der Waals surface area contributed by atoms with Gasteiger partial charge in [0.05, 0.1) is 0 Å².